The van der Waals surface area contributed by atoms with Crippen LogP contribution < -0.4 is 4.72 Å². The van der Waals surface area contributed by atoms with Gasteiger partial charge in [0.15, 0.2) is 0 Å². The molecule has 7 heteroatoms. The van der Waals surface area contributed by atoms with Gasteiger partial charge < -0.3 is 0 Å². The molecule has 0 aromatic heterocycles. The highest BCUT2D eigenvalue weighted by Gasteiger charge is 2.51. The smallest absolute Gasteiger partial charge is 0.211 e. The van der Waals surface area contributed by atoms with E-state index in [-0.39, 0.29) is 23.3 Å². The van der Waals surface area contributed by atoms with Crippen molar-refractivity contribution in [3.8, 4) is 0 Å². The van der Waals surface area contributed by atoms with Crippen LogP contribution in [0.3, 0.4) is 0 Å². The van der Waals surface area contributed by atoms with Crippen LogP contribution >= 0.6 is 0 Å². The van der Waals surface area contributed by atoms with Crippen LogP contribution in [0.4, 0.5) is 0 Å². The minimum absolute atomic E-state index is 0.0790. The molecule has 0 bridgehead atoms. The molecule has 1 aliphatic rings. The summed E-state index contributed by atoms with van der Waals surface area (Å²) < 4.78 is 48.1. The first-order valence-electron chi connectivity index (χ1n) is 6.79. The Balaban J connectivity index is 2.39. The van der Waals surface area contributed by atoms with Crippen LogP contribution in [0.2, 0.25) is 0 Å². The number of sulfone groups is 1. The van der Waals surface area contributed by atoms with E-state index < -0.39 is 19.9 Å². The zero-order valence-corrected chi connectivity index (χ0v) is 13.6. The maximum Gasteiger partial charge on any atom is 0.211 e. The number of hydrogen-bond acceptors (Lipinski definition) is 4. The first kappa shape index (κ1) is 16.9. The molecule has 19 heavy (non-hydrogen) atoms. The number of nitrogens with one attached hydrogen (secondary N) is 1. The normalized spacial score (nSPS) is 27.4. The molecule has 0 aromatic rings. The highest BCUT2D eigenvalue weighted by Crippen LogP contribution is 2.56. The fraction of sp³-hybridized carbons (Fsp3) is 1.00. The van der Waals surface area contributed by atoms with Crippen molar-refractivity contribution < 1.29 is 16.8 Å². The molecular weight excluding hydrogens is 286 g/mol. The van der Waals surface area contributed by atoms with Gasteiger partial charge in [-0.15, -0.1) is 0 Å². The van der Waals surface area contributed by atoms with Gasteiger partial charge in [0.05, 0.1) is 11.5 Å². The summed E-state index contributed by atoms with van der Waals surface area (Å²) in [7, 11) is -6.44. The van der Waals surface area contributed by atoms with Gasteiger partial charge in [-0.2, -0.15) is 0 Å². The van der Waals surface area contributed by atoms with Gasteiger partial charge in [-0.05, 0) is 30.6 Å². The number of sulfonamides is 1. The van der Waals surface area contributed by atoms with Crippen LogP contribution in [0.5, 0.6) is 0 Å². The second-order valence-electron chi connectivity index (χ2n) is 5.65. The second-order valence-corrected chi connectivity index (χ2v) is 9.83. The molecule has 1 fully saturated rings. The van der Waals surface area contributed by atoms with E-state index in [9.17, 15) is 16.8 Å². The van der Waals surface area contributed by atoms with E-state index in [1.165, 1.54) is 0 Å². The molecule has 1 saturated carbocycles. The van der Waals surface area contributed by atoms with Crippen LogP contribution in [0, 0.1) is 11.3 Å². The fourth-order valence-corrected chi connectivity index (χ4v) is 4.65. The largest absolute Gasteiger partial charge is 0.229 e. The highest BCUT2D eigenvalue weighted by atomic mass is 32.2. The summed E-state index contributed by atoms with van der Waals surface area (Å²) in [6, 6.07) is 0. The van der Waals surface area contributed by atoms with Crippen molar-refractivity contribution in [1.29, 1.82) is 0 Å². The highest BCUT2D eigenvalue weighted by molar-refractivity contribution is 7.91. The van der Waals surface area contributed by atoms with Gasteiger partial charge in [-0.1, -0.05) is 20.3 Å². The Hall–Kier alpha value is -0.140. The van der Waals surface area contributed by atoms with Crippen LogP contribution in [0.25, 0.3) is 0 Å². The summed E-state index contributed by atoms with van der Waals surface area (Å²) in [4.78, 5) is 0. The number of hydrogen-bond donors (Lipinski definition) is 1. The van der Waals surface area contributed by atoms with Crippen molar-refractivity contribution in [1.82, 2.24) is 4.72 Å². The molecule has 0 aliphatic heterocycles. The molecule has 114 valence electrons. The van der Waals surface area contributed by atoms with Gasteiger partial charge in [0, 0.05) is 12.8 Å². The maximum atomic E-state index is 11.8. The molecular formula is C12H25NO4S2. The zero-order chi connectivity index (χ0) is 14.7. The average Bonchev–Trinajstić information content (AvgIpc) is 2.99. The summed E-state index contributed by atoms with van der Waals surface area (Å²) in [6.07, 6.45) is 4.44. The summed E-state index contributed by atoms with van der Waals surface area (Å²) in [5.41, 5.74) is 0.138. The van der Waals surface area contributed by atoms with Gasteiger partial charge >= 0.3 is 0 Å². The maximum absolute atomic E-state index is 11.8. The molecule has 0 saturated heterocycles. The first-order chi connectivity index (χ1) is 8.64. The Morgan fingerprint density at radius 2 is 1.79 bits per heavy atom. The van der Waals surface area contributed by atoms with Crippen LogP contribution in [0.15, 0.2) is 0 Å². The van der Waals surface area contributed by atoms with Crippen molar-refractivity contribution >= 4 is 19.9 Å². The van der Waals surface area contributed by atoms with E-state index in [0.717, 1.165) is 25.5 Å². The lowest BCUT2D eigenvalue weighted by Gasteiger charge is -2.16. The standard InChI is InChI=1S/C12H25NO4S2/c1-4-11-9-12(11,5-2)10-13-19(16,17)8-6-7-18(3,14)15/h11,13H,4-10H2,1-3H3. The van der Waals surface area contributed by atoms with Crippen LogP contribution in [-0.2, 0) is 19.9 Å². The molecule has 2 unspecified atom stereocenters. The molecule has 1 N–H and O–H groups in total. The first-order valence-corrected chi connectivity index (χ1v) is 10.5. The molecule has 0 heterocycles. The monoisotopic (exact) mass is 311 g/mol. The van der Waals surface area contributed by atoms with Crippen molar-refractivity contribution in [3.05, 3.63) is 0 Å². The van der Waals surface area contributed by atoms with Crippen molar-refractivity contribution in [2.75, 3.05) is 24.3 Å². The van der Waals surface area contributed by atoms with Gasteiger partial charge in [-0.3, -0.25) is 0 Å². The van der Waals surface area contributed by atoms with E-state index in [1.54, 1.807) is 0 Å². The minimum atomic E-state index is -3.35. The third-order valence-electron chi connectivity index (χ3n) is 4.13. The van der Waals surface area contributed by atoms with Gasteiger partial charge in [-0.25, -0.2) is 21.6 Å². The Kier molecular flexibility index (Phi) is 5.43. The van der Waals surface area contributed by atoms with Gasteiger partial charge in [0.1, 0.15) is 9.84 Å². The lowest BCUT2D eigenvalue weighted by Crippen LogP contribution is -2.33. The molecule has 0 amide bonds. The zero-order valence-electron chi connectivity index (χ0n) is 12.0. The van der Waals surface area contributed by atoms with Crippen molar-refractivity contribution in [2.45, 2.75) is 39.5 Å². The molecule has 2 atom stereocenters. The molecule has 5 nitrogen and oxygen atoms in total. The number of rotatable bonds is 9. The third-order valence-corrected chi connectivity index (χ3v) is 6.57. The predicted octanol–water partition coefficient (Wildman–Crippen LogP) is 1.17. The second kappa shape index (κ2) is 6.10. The summed E-state index contributed by atoms with van der Waals surface area (Å²) >= 11 is 0. The summed E-state index contributed by atoms with van der Waals surface area (Å²) in [5, 5.41) is 0. The Morgan fingerprint density at radius 3 is 2.21 bits per heavy atom. The average molecular weight is 311 g/mol. The lowest BCUT2D eigenvalue weighted by atomic mass is 10.00. The minimum Gasteiger partial charge on any atom is -0.229 e. The molecule has 1 rings (SSSR count). The Morgan fingerprint density at radius 1 is 1.16 bits per heavy atom. The van der Waals surface area contributed by atoms with E-state index in [2.05, 4.69) is 18.6 Å². The van der Waals surface area contributed by atoms with E-state index in [1.807, 2.05) is 0 Å². The molecule has 0 aromatic carbocycles. The van der Waals surface area contributed by atoms with Crippen molar-refractivity contribution in [2.24, 2.45) is 11.3 Å². The summed E-state index contributed by atoms with van der Waals surface area (Å²) in [5.74, 6) is 0.428. The third kappa shape index (κ3) is 5.39. The predicted molar refractivity (Wildman–Crippen MR) is 77.2 cm³/mol. The quantitative estimate of drug-likeness (QED) is 0.693. The van der Waals surface area contributed by atoms with E-state index >= 15 is 0 Å². The van der Waals surface area contributed by atoms with Gasteiger partial charge in [0.25, 0.3) is 0 Å². The molecule has 0 radical (unpaired) electrons. The topological polar surface area (TPSA) is 80.3 Å². The molecule has 1 aliphatic carbocycles. The lowest BCUT2D eigenvalue weighted by molar-refractivity contribution is 0.424. The Labute approximate surface area is 117 Å². The van der Waals surface area contributed by atoms with E-state index in [0.29, 0.717) is 12.5 Å². The fourth-order valence-electron chi connectivity index (χ4n) is 2.62. The van der Waals surface area contributed by atoms with Gasteiger partial charge in [0.2, 0.25) is 10.0 Å². The summed E-state index contributed by atoms with van der Waals surface area (Å²) in [6.45, 7) is 4.71. The SMILES string of the molecule is CCC1CC1(CC)CNS(=O)(=O)CCCS(C)(=O)=O. The van der Waals surface area contributed by atoms with Crippen molar-refractivity contribution in [3.63, 3.8) is 0 Å². The van der Waals surface area contributed by atoms with Crippen LogP contribution in [0.1, 0.15) is 39.5 Å². The van der Waals surface area contributed by atoms with Crippen LogP contribution in [-0.4, -0.2) is 41.1 Å². The van der Waals surface area contributed by atoms with E-state index in [4.69, 9.17) is 0 Å². The Bertz CT molecular complexity index is 498. The molecule has 0 spiro atoms.